The highest BCUT2D eigenvalue weighted by Crippen LogP contribution is 2.31. The van der Waals surface area contributed by atoms with E-state index in [4.69, 9.17) is 20.8 Å². The molecule has 32 heavy (non-hydrogen) atoms. The Morgan fingerprint density at radius 3 is 2.53 bits per heavy atom. The van der Waals surface area contributed by atoms with Gasteiger partial charge >= 0.3 is 0 Å². The molecule has 8 nitrogen and oxygen atoms in total. The van der Waals surface area contributed by atoms with E-state index in [1.165, 1.54) is 11.8 Å². The zero-order valence-electron chi connectivity index (χ0n) is 17.4. The van der Waals surface area contributed by atoms with Crippen LogP contribution >= 0.6 is 23.4 Å². The number of rotatable bonds is 6. The Balaban J connectivity index is 1.41. The van der Waals surface area contributed by atoms with Crippen molar-refractivity contribution in [1.29, 1.82) is 0 Å². The van der Waals surface area contributed by atoms with Gasteiger partial charge in [0.05, 0.1) is 24.7 Å². The number of morpholine rings is 1. The molecule has 0 amide bonds. The summed E-state index contributed by atoms with van der Waals surface area (Å²) in [7, 11) is 0. The first kappa shape index (κ1) is 21.0. The van der Waals surface area contributed by atoms with E-state index in [2.05, 4.69) is 48.9 Å². The van der Waals surface area contributed by atoms with E-state index in [0.29, 0.717) is 35.8 Å². The van der Waals surface area contributed by atoms with Gasteiger partial charge in [-0.15, -0.1) is 20.4 Å². The van der Waals surface area contributed by atoms with Gasteiger partial charge in [0.2, 0.25) is 17.7 Å². The highest BCUT2D eigenvalue weighted by Gasteiger charge is 2.23. The van der Waals surface area contributed by atoms with Crippen LogP contribution < -0.4 is 4.90 Å². The molecular formula is C22H21ClN6O2S. The van der Waals surface area contributed by atoms with Gasteiger partial charge in [-0.2, -0.15) is 0 Å². The lowest BCUT2D eigenvalue weighted by Gasteiger charge is -2.28. The topological polar surface area (TPSA) is 82.1 Å². The number of aryl methyl sites for hydroxylation is 1. The minimum absolute atomic E-state index is 0.464. The van der Waals surface area contributed by atoms with Crippen LogP contribution in [0.3, 0.4) is 0 Å². The molecule has 3 heterocycles. The standard InChI is InChI=1S/C22H21ClN6O2S/c1-15-4-2-3-5-18(15)29-21(28-10-12-30-13-11-28)26-27-22(29)32-14-19-24-25-20(31-19)16-6-8-17(23)9-7-16/h2-9H,10-14H2,1H3. The van der Waals surface area contributed by atoms with Crippen molar-refractivity contribution < 1.29 is 9.15 Å². The molecule has 5 rings (SSSR count). The average Bonchev–Trinajstić information content (AvgIpc) is 3.46. The molecule has 0 unspecified atom stereocenters. The summed E-state index contributed by atoms with van der Waals surface area (Å²) in [6, 6.07) is 15.5. The van der Waals surface area contributed by atoms with E-state index >= 15 is 0 Å². The predicted octanol–water partition coefficient (Wildman–Crippen LogP) is 4.41. The van der Waals surface area contributed by atoms with Crippen LogP contribution in [0.5, 0.6) is 0 Å². The number of hydrogen-bond donors (Lipinski definition) is 0. The molecule has 1 saturated heterocycles. The molecule has 4 aromatic rings. The molecule has 0 spiro atoms. The summed E-state index contributed by atoms with van der Waals surface area (Å²) in [6.07, 6.45) is 0. The first-order chi connectivity index (χ1) is 15.7. The van der Waals surface area contributed by atoms with E-state index in [0.717, 1.165) is 41.0 Å². The molecule has 1 aliphatic rings. The normalized spacial score (nSPS) is 14.1. The minimum atomic E-state index is 0.464. The number of hydrogen-bond acceptors (Lipinski definition) is 8. The molecule has 0 bridgehead atoms. The van der Waals surface area contributed by atoms with Gasteiger partial charge in [-0.3, -0.25) is 4.57 Å². The van der Waals surface area contributed by atoms with Crippen molar-refractivity contribution in [1.82, 2.24) is 25.0 Å². The van der Waals surface area contributed by atoms with Crippen LogP contribution in [0.2, 0.25) is 5.02 Å². The first-order valence-electron chi connectivity index (χ1n) is 10.2. The molecule has 1 aliphatic heterocycles. The van der Waals surface area contributed by atoms with Crippen molar-refractivity contribution in [2.45, 2.75) is 17.8 Å². The number of halogens is 1. The van der Waals surface area contributed by atoms with Gasteiger partial charge in [0.15, 0.2) is 5.16 Å². The second-order valence-corrected chi connectivity index (χ2v) is 8.68. The number of benzene rings is 2. The SMILES string of the molecule is Cc1ccccc1-n1c(SCc2nnc(-c3ccc(Cl)cc3)o2)nnc1N1CCOCC1. The van der Waals surface area contributed by atoms with Crippen LogP contribution in [0.15, 0.2) is 58.1 Å². The van der Waals surface area contributed by atoms with E-state index in [1.807, 2.05) is 24.3 Å². The maximum absolute atomic E-state index is 5.96. The zero-order chi connectivity index (χ0) is 21.9. The van der Waals surface area contributed by atoms with Gasteiger partial charge < -0.3 is 14.1 Å². The first-order valence-corrected chi connectivity index (χ1v) is 11.6. The molecule has 1 fully saturated rings. The Bertz CT molecular complexity index is 1200. The fraction of sp³-hybridized carbons (Fsp3) is 0.273. The van der Waals surface area contributed by atoms with Crippen LogP contribution in [0.4, 0.5) is 5.95 Å². The maximum Gasteiger partial charge on any atom is 0.247 e. The zero-order valence-corrected chi connectivity index (χ0v) is 19.0. The highest BCUT2D eigenvalue weighted by atomic mass is 35.5. The quantitative estimate of drug-likeness (QED) is 0.385. The Labute approximate surface area is 194 Å². The molecule has 0 atom stereocenters. The van der Waals surface area contributed by atoms with E-state index in [9.17, 15) is 0 Å². The predicted molar refractivity (Wildman–Crippen MR) is 123 cm³/mol. The van der Waals surface area contributed by atoms with Crippen LogP contribution in [0.1, 0.15) is 11.5 Å². The van der Waals surface area contributed by atoms with Crippen LogP contribution in [0, 0.1) is 6.92 Å². The van der Waals surface area contributed by atoms with Crippen LogP contribution in [-0.2, 0) is 10.5 Å². The molecule has 0 saturated carbocycles. The summed E-state index contributed by atoms with van der Waals surface area (Å²) in [6.45, 7) is 5.01. The highest BCUT2D eigenvalue weighted by molar-refractivity contribution is 7.98. The third-order valence-electron chi connectivity index (χ3n) is 5.15. The molecule has 2 aromatic heterocycles. The maximum atomic E-state index is 5.96. The summed E-state index contributed by atoms with van der Waals surface area (Å²) < 4.78 is 13.5. The van der Waals surface area contributed by atoms with Gasteiger partial charge in [-0.25, -0.2) is 0 Å². The lowest BCUT2D eigenvalue weighted by atomic mass is 10.2. The van der Waals surface area contributed by atoms with Gasteiger partial charge in [-0.1, -0.05) is 41.6 Å². The summed E-state index contributed by atoms with van der Waals surface area (Å²) in [5.41, 5.74) is 3.02. The number of aromatic nitrogens is 5. The van der Waals surface area contributed by atoms with E-state index < -0.39 is 0 Å². The fourth-order valence-corrected chi connectivity index (χ4v) is 4.40. The summed E-state index contributed by atoms with van der Waals surface area (Å²) in [5.74, 6) is 2.28. The number of anilines is 1. The van der Waals surface area contributed by atoms with Crippen molar-refractivity contribution >= 4 is 29.3 Å². The van der Waals surface area contributed by atoms with Crippen LogP contribution in [-0.4, -0.2) is 51.3 Å². The molecule has 0 radical (unpaired) electrons. The third-order valence-corrected chi connectivity index (χ3v) is 6.32. The van der Waals surface area contributed by atoms with Crippen molar-refractivity contribution in [2.75, 3.05) is 31.2 Å². The van der Waals surface area contributed by atoms with Gasteiger partial charge in [0.1, 0.15) is 0 Å². The number of para-hydroxylation sites is 1. The Kier molecular flexibility index (Phi) is 6.11. The Hall–Kier alpha value is -2.88. The molecular weight excluding hydrogens is 448 g/mol. The second-order valence-electron chi connectivity index (χ2n) is 7.30. The lowest BCUT2D eigenvalue weighted by Crippen LogP contribution is -2.38. The van der Waals surface area contributed by atoms with Crippen molar-refractivity contribution in [3.05, 3.63) is 65.0 Å². The van der Waals surface area contributed by atoms with Crippen molar-refractivity contribution in [3.63, 3.8) is 0 Å². The Morgan fingerprint density at radius 2 is 1.75 bits per heavy atom. The smallest absolute Gasteiger partial charge is 0.247 e. The van der Waals surface area contributed by atoms with Gasteiger partial charge in [-0.05, 0) is 42.8 Å². The largest absolute Gasteiger partial charge is 0.420 e. The lowest BCUT2D eigenvalue weighted by molar-refractivity contribution is 0.122. The number of ether oxygens (including phenoxy) is 1. The monoisotopic (exact) mass is 468 g/mol. The van der Waals surface area contributed by atoms with Crippen LogP contribution in [0.25, 0.3) is 17.1 Å². The second kappa shape index (κ2) is 9.32. The Morgan fingerprint density at radius 1 is 0.969 bits per heavy atom. The van der Waals surface area contributed by atoms with Crippen molar-refractivity contribution in [2.24, 2.45) is 0 Å². The molecule has 0 aliphatic carbocycles. The molecule has 10 heteroatoms. The molecule has 0 N–H and O–H groups in total. The van der Waals surface area contributed by atoms with Gasteiger partial charge in [0.25, 0.3) is 0 Å². The van der Waals surface area contributed by atoms with E-state index in [1.54, 1.807) is 12.1 Å². The summed E-state index contributed by atoms with van der Waals surface area (Å²) in [5, 5.41) is 18.8. The summed E-state index contributed by atoms with van der Waals surface area (Å²) in [4.78, 5) is 2.21. The summed E-state index contributed by atoms with van der Waals surface area (Å²) >= 11 is 7.47. The number of thioether (sulfide) groups is 1. The van der Waals surface area contributed by atoms with Crippen molar-refractivity contribution in [3.8, 4) is 17.1 Å². The average molecular weight is 469 g/mol. The minimum Gasteiger partial charge on any atom is -0.420 e. The third kappa shape index (κ3) is 4.36. The molecule has 2 aromatic carbocycles. The van der Waals surface area contributed by atoms with E-state index in [-0.39, 0.29) is 0 Å². The van der Waals surface area contributed by atoms with Gasteiger partial charge in [0, 0.05) is 23.7 Å². The molecule has 164 valence electrons. The fourth-order valence-electron chi connectivity index (χ4n) is 3.50. The number of nitrogens with zero attached hydrogens (tertiary/aromatic N) is 6.